The van der Waals surface area contributed by atoms with Crippen LogP contribution in [0.5, 0.6) is 0 Å². The largest absolute Gasteiger partial charge is 0.383 e. The van der Waals surface area contributed by atoms with Crippen molar-refractivity contribution in [1.82, 2.24) is 25.1 Å². The zero-order valence-electron chi connectivity index (χ0n) is 11.6. The van der Waals surface area contributed by atoms with Crippen molar-refractivity contribution < 1.29 is 4.74 Å². The van der Waals surface area contributed by atoms with Gasteiger partial charge in [-0.15, -0.1) is 0 Å². The summed E-state index contributed by atoms with van der Waals surface area (Å²) >= 11 is 3.57. The van der Waals surface area contributed by atoms with E-state index in [1.807, 2.05) is 17.1 Å². The third-order valence-electron chi connectivity index (χ3n) is 2.94. The number of halogens is 1. The Morgan fingerprint density at radius 1 is 1.35 bits per heavy atom. The maximum atomic E-state index is 5.13. The Hall–Kier alpha value is -1.31. The quantitative estimate of drug-likeness (QED) is 0.832. The van der Waals surface area contributed by atoms with Crippen LogP contribution in [0.15, 0.2) is 29.4 Å². The van der Waals surface area contributed by atoms with E-state index in [4.69, 9.17) is 4.74 Å². The summed E-state index contributed by atoms with van der Waals surface area (Å²) in [5.74, 6) is 0. The van der Waals surface area contributed by atoms with Gasteiger partial charge in [0.1, 0.15) is 6.33 Å². The fourth-order valence-corrected chi connectivity index (χ4v) is 2.58. The molecule has 0 bridgehead atoms. The van der Waals surface area contributed by atoms with Crippen LogP contribution in [0.4, 0.5) is 0 Å². The highest BCUT2D eigenvalue weighted by Gasteiger charge is 2.21. The molecule has 0 fully saturated rings. The minimum atomic E-state index is -0.00469. The lowest BCUT2D eigenvalue weighted by Crippen LogP contribution is -2.26. The number of ether oxygens (including phenoxy) is 1. The van der Waals surface area contributed by atoms with E-state index >= 15 is 0 Å². The van der Waals surface area contributed by atoms with Crippen LogP contribution in [0, 0.1) is 0 Å². The average Bonchev–Trinajstić information content (AvgIpc) is 2.84. The number of rotatable bonds is 7. The van der Waals surface area contributed by atoms with Crippen LogP contribution in [-0.4, -0.2) is 40.0 Å². The first-order valence-corrected chi connectivity index (χ1v) is 7.25. The first kappa shape index (κ1) is 15.1. The Bertz CT molecular complexity index is 531. The van der Waals surface area contributed by atoms with E-state index in [0.29, 0.717) is 13.2 Å². The summed E-state index contributed by atoms with van der Waals surface area (Å²) in [7, 11) is 1.69. The van der Waals surface area contributed by atoms with Gasteiger partial charge in [0.25, 0.3) is 0 Å². The third-order valence-corrected chi connectivity index (χ3v) is 3.55. The molecule has 2 aromatic rings. The monoisotopic (exact) mass is 339 g/mol. The molecular formula is C13H18BrN5O. The van der Waals surface area contributed by atoms with Gasteiger partial charge < -0.3 is 10.1 Å². The van der Waals surface area contributed by atoms with Crippen molar-refractivity contribution in [2.45, 2.75) is 19.5 Å². The lowest BCUT2D eigenvalue weighted by Gasteiger charge is -2.20. The van der Waals surface area contributed by atoms with Crippen LogP contribution in [0.2, 0.25) is 0 Å². The molecule has 108 valence electrons. The van der Waals surface area contributed by atoms with Gasteiger partial charge in [0.15, 0.2) is 0 Å². The number of methoxy groups -OCH3 is 1. The number of hydrogen-bond acceptors (Lipinski definition) is 5. The topological polar surface area (TPSA) is 64.9 Å². The molecule has 2 rings (SSSR count). The zero-order chi connectivity index (χ0) is 14.4. The summed E-state index contributed by atoms with van der Waals surface area (Å²) in [6.45, 7) is 4.22. The van der Waals surface area contributed by atoms with Crippen molar-refractivity contribution in [2.75, 3.05) is 20.3 Å². The van der Waals surface area contributed by atoms with E-state index < -0.39 is 0 Å². The molecule has 7 heteroatoms. The summed E-state index contributed by atoms with van der Waals surface area (Å²) in [5.41, 5.74) is 2.06. The molecule has 1 unspecified atom stereocenters. The van der Waals surface area contributed by atoms with E-state index in [0.717, 1.165) is 22.3 Å². The molecule has 0 aliphatic carbocycles. The highest BCUT2D eigenvalue weighted by atomic mass is 79.9. The Kier molecular flexibility index (Phi) is 5.63. The van der Waals surface area contributed by atoms with Gasteiger partial charge in [-0.25, -0.2) is 9.97 Å². The normalized spacial score (nSPS) is 12.6. The molecule has 0 saturated heterocycles. The summed E-state index contributed by atoms with van der Waals surface area (Å²) in [4.78, 5) is 8.20. The molecule has 20 heavy (non-hydrogen) atoms. The van der Waals surface area contributed by atoms with Gasteiger partial charge in [-0.3, -0.25) is 4.68 Å². The van der Waals surface area contributed by atoms with Gasteiger partial charge in [0, 0.05) is 25.1 Å². The van der Waals surface area contributed by atoms with Gasteiger partial charge in [0.2, 0.25) is 0 Å². The summed E-state index contributed by atoms with van der Waals surface area (Å²) in [5, 5.41) is 7.84. The van der Waals surface area contributed by atoms with Crippen LogP contribution in [-0.2, 0) is 11.3 Å². The smallest absolute Gasteiger partial charge is 0.115 e. The first-order chi connectivity index (χ1) is 9.77. The molecule has 0 aliphatic heterocycles. The summed E-state index contributed by atoms with van der Waals surface area (Å²) in [6.07, 6.45) is 6.98. The molecule has 1 N–H and O–H groups in total. The number of nitrogens with one attached hydrogen (secondary N) is 1. The highest BCUT2D eigenvalue weighted by Crippen LogP contribution is 2.27. The maximum Gasteiger partial charge on any atom is 0.115 e. The minimum Gasteiger partial charge on any atom is -0.383 e. The number of nitrogens with zero attached hydrogens (tertiary/aromatic N) is 4. The molecule has 2 heterocycles. The summed E-state index contributed by atoms with van der Waals surface area (Å²) < 4.78 is 8.03. The van der Waals surface area contributed by atoms with E-state index in [-0.39, 0.29) is 6.04 Å². The SMILES string of the molecule is CCNC(c1cncnc1)c1c(Br)cnn1CCOC. The Labute approximate surface area is 126 Å². The fraction of sp³-hybridized carbons (Fsp3) is 0.462. The number of aromatic nitrogens is 4. The number of hydrogen-bond donors (Lipinski definition) is 1. The van der Waals surface area contributed by atoms with Crippen LogP contribution in [0.25, 0.3) is 0 Å². The lowest BCUT2D eigenvalue weighted by atomic mass is 10.1. The Morgan fingerprint density at radius 3 is 2.75 bits per heavy atom. The van der Waals surface area contributed by atoms with Crippen molar-refractivity contribution >= 4 is 15.9 Å². The lowest BCUT2D eigenvalue weighted by molar-refractivity contribution is 0.182. The van der Waals surface area contributed by atoms with Gasteiger partial charge in [-0.05, 0) is 22.5 Å². The predicted molar refractivity (Wildman–Crippen MR) is 79.4 cm³/mol. The van der Waals surface area contributed by atoms with E-state index in [1.165, 1.54) is 6.33 Å². The second kappa shape index (κ2) is 7.47. The van der Waals surface area contributed by atoms with Gasteiger partial charge >= 0.3 is 0 Å². The Morgan fingerprint density at radius 2 is 2.10 bits per heavy atom. The molecule has 2 aromatic heterocycles. The van der Waals surface area contributed by atoms with Gasteiger partial charge in [-0.1, -0.05) is 6.92 Å². The van der Waals surface area contributed by atoms with Crippen molar-refractivity contribution in [2.24, 2.45) is 0 Å². The van der Waals surface area contributed by atoms with E-state index in [9.17, 15) is 0 Å². The van der Waals surface area contributed by atoms with Crippen LogP contribution < -0.4 is 5.32 Å². The maximum absolute atomic E-state index is 5.13. The minimum absolute atomic E-state index is 0.00469. The van der Waals surface area contributed by atoms with Gasteiger partial charge in [0.05, 0.1) is 35.6 Å². The molecule has 1 atom stereocenters. The predicted octanol–water partition coefficient (Wildman–Crippen LogP) is 1.78. The first-order valence-electron chi connectivity index (χ1n) is 6.46. The third kappa shape index (κ3) is 3.41. The molecule has 0 aliphatic rings. The zero-order valence-corrected chi connectivity index (χ0v) is 13.2. The van der Waals surface area contributed by atoms with Crippen molar-refractivity contribution in [3.05, 3.63) is 40.6 Å². The molecular weight excluding hydrogens is 322 g/mol. The molecule has 0 aromatic carbocycles. The highest BCUT2D eigenvalue weighted by molar-refractivity contribution is 9.10. The Balaban J connectivity index is 2.36. The summed E-state index contributed by atoms with van der Waals surface area (Å²) in [6, 6.07) is -0.00469. The fourth-order valence-electron chi connectivity index (χ4n) is 2.05. The molecule has 0 saturated carbocycles. The van der Waals surface area contributed by atoms with Crippen molar-refractivity contribution in [3.63, 3.8) is 0 Å². The standard InChI is InChI=1S/C13H18BrN5O/c1-3-17-12(10-6-15-9-16-7-10)13-11(14)8-18-19(13)4-5-20-2/h6-9,12,17H,3-5H2,1-2H3. The van der Waals surface area contributed by atoms with Crippen molar-refractivity contribution in [3.8, 4) is 0 Å². The van der Waals surface area contributed by atoms with Crippen LogP contribution >= 0.6 is 15.9 Å². The second-order valence-electron chi connectivity index (χ2n) is 4.26. The molecule has 0 radical (unpaired) electrons. The molecule has 0 amide bonds. The van der Waals surface area contributed by atoms with Crippen molar-refractivity contribution in [1.29, 1.82) is 0 Å². The average molecular weight is 340 g/mol. The van der Waals surface area contributed by atoms with Crippen LogP contribution in [0.3, 0.4) is 0 Å². The second-order valence-corrected chi connectivity index (χ2v) is 5.11. The van der Waals surface area contributed by atoms with E-state index in [2.05, 4.69) is 43.2 Å². The molecule has 0 spiro atoms. The molecule has 6 nitrogen and oxygen atoms in total. The van der Waals surface area contributed by atoms with Gasteiger partial charge in [-0.2, -0.15) is 5.10 Å². The van der Waals surface area contributed by atoms with E-state index in [1.54, 1.807) is 13.3 Å². The van der Waals surface area contributed by atoms with Crippen LogP contribution in [0.1, 0.15) is 24.2 Å².